The standard InChI is InChI=1S/C13H18N4O/c1-18-11-10-17-9-8-16-13(17)15-7-4-12-2-5-14-6-3-12/h2-3,5-6,8-9H,4,7,10-11H2,1H3,(H,15,16). The second-order valence-corrected chi connectivity index (χ2v) is 3.97. The predicted octanol–water partition coefficient (Wildman–Crippen LogP) is 1.58. The number of ether oxygens (including phenoxy) is 1. The van der Waals surface area contributed by atoms with Crippen LogP contribution in [0.25, 0.3) is 0 Å². The van der Waals surface area contributed by atoms with Crippen molar-refractivity contribution >= 4 is 5.95 Å². The largest absolute Gasteiger partial charge is 0.383 e. The third kappa shape index (κ3) is 3.56. The predicted molar refractivity (Wildman–Crippen MR) is 70.5 cm³/mol. The highest BCUT2D eigenvalue weighted by Crippen LogP contribution is 2.05. The van der Waals surface area contributed by atoms with Crippen molar-refractivity contribution in [3.8, 4) is 0 Å². The fourth-order valence-electron chi connectivity index (χ4n) is 1.71. The maximum atomic E-state index is 5.06. The Balaban J connectivity index is 1.81. The molecule has 2 aromatic heterocycles. The fourth-order valence-corrected chi connectivity index (χ4v) is 1.71. The molecule has 5 heteroatoms. The van der Waals surface area contributed by atoms with E-state index < -0.39 is 0 Å². The summed E-state index contributed by atoms with van der Waals surface area (Å²) in [6.45, 7) is 2.36. The molecule has 0 aliphatic carbocycles. The van der Waals surface area contributed by atoms with Crippen LogP contribution in [0.2, 0.25) is 0 Å². The number of anilines is 1. The highest BCUT2D eigenvalue weighted by Gasteiger charge is 2.01. The van der Waals surface area contributed by atoms with Crippen LogP contribution in [0.5, 0.6) is 0 Å². The molecule has 0 aliphatic heterocycles. The van der Waals surface area contributed by atoms with Crippen molar-refractivity contribution in [3.63, 3.8) is 0 Å². The van der Waals surface area contributed by atoms with Crippen LogP contribution in [0.15, 0.2) is 36.9 Å². The smallest absolute Gasteiger partial charge is 0.202 e. The van der Waals surface area contributed by atoms with Gasteiger partial charge in [-0.05, 0) is 24.1 Å². The zero-order chi connectivity index (χ0) is 12.6. The van der Waals surface area contributed by atoms with Gasteiger partial charge in [-0.2, -0.15) is 0 Å². The SMILES string of the molecule is COCCn1ccnc1NCCc1ccncc1. The summed E-state index contributed by atoms with van der Waals surface area (Å²) in [6.07, 6.45) is 8.33. The first kappa shape index (κ1) is 12.6. The van der Waals surface area contributed by atoms with Crippen molar-refractivity contribution < 1.29 is 4.74 Å². The van der Waals surface area contributed by atoms with Gasteiger partial charge in [-0.15, -0.1) is 0 Å². The Labute approximate surface area is 107 Å². The number of nitrogens with zero attached hydrogens (tertiary/aromatic N) is 3. The maximum Gasteiger partial charge on any atom is 0.202 e. The molecule has 18 heavy (non-hydrogen) atoms. The lowest BCUT2D eigenvalue weighted by Gasteiger charge is -2.09. The van der Waals surface area contributed by atoms with Crippen LogP contribution in [0.4, 0.5) is 5.95 Å². The van der Waals surface area contributed by atoms with Gasteiger partial charge in [-0.3, -0.25) is 4.98 Å². The number of hydrogen-bond donors (Lipinski definition) is 1. The van der Waals surface area contributed by atoms with Crippen LogP contribution in [-0.2, 0) is 17.7 Å². The summed E-state index contributed by atoms with van der Waals surface area (Å²) in [5.41, 5.74) is 1.27. The minimum absolute atomic E-state index is 0.690. The van der Waals surface area contributed by atoms with Crippen LogP contribution in [0.1, 0.15) is 5.56 Å². The Morgan fingerprint density at radius 2 is 2.11 bits per heavy atom. The van der Waals surface area contributed by atoms with E-state index in [1.165, 1.54) is 5.56 Å². The van der Waals surface area contributed by atoms with E-state index in [1.807, 2.05) is 30.7 Å². The van der Waals surface area contributed by atoms with Crippen LogP contribution in [0.3, 0.4) is 0 Å². The molecule has 0 bridgehead atoms. The van der Waals surface area contributed by atoms with Gasteiger partial charge in [0, 0.05) is 45.0 Å². The lowest BCUT2D eigenvalue weighted by atomic mass is 10.2. The van der Waals surface area contributed by atoms with Crippen LogP contribution in [0, 0.1) is 0 Å². The summed E-state index contributed by atoms with van der Waals surface area (Å²) in [5.74, 6) is 0.890. The van der Waals surface area contributed by atoms with E-state index >= 15 is 0 Å². The molecule has 0 spiro atoms. The minimum Gasteiger partial charge on any atom is -0.383 e. The molecule has 96 valence electrons. The van der Waals surface area contributed by atoms with Crippen molar-refractivity contribution in [3.05, 3.63) is 42.5 Å². The molecule has 2 rings (SSSR count). The van der Waals surface area contributed by atoms with Crippen molar-refractivity contribution in [2.75, 3.05) is 25.6 Å². The summed E-state index contributed by atoms with van der Waals surface area (Å²) in [6, 6.07) is 4.05. The number of imidazole rings is 1. The molecule has 0 aliphatic rings. The van der Waals surface area contributed by atoms with E-state index in [0.29, 0.717) is 6.61 Å². The Morgan fingerprint density at radius 3 is 2.89 bits per heavy atom. The van der Waals surface area contributed by atoms with Crippen molar-refractivity contribution in [2.45, 2.75) is 13.0 Å². The fraction of sp³-hybridized carbons (Fsp3) is 0.385. The molecule has 0 radical (unpaired) electrons. The molecule has 0 fully saturated rings. The average Bonchev–Trinajstić information content (AvgIpc) is 2.85. The molecule has 0 amide bonds. The first-order chi connectivity index (χ1) is 8.90. The molecular formula is C13H18N4O. The van der Waals surface area contributed by atoms with Gasteiger partial charge in [0.1, 0.15) is 0 Å². The quantitative estimate of drug-likeness (QED) is 0.806. The normalized spacial score (nSPS) is 10.5. The summed E-state index contributed by atoms with van der Waals surface area (Å²) < 4.78 is 7.11. The number of methoxy groups -OCH3 is 1. The summed E-state index contributed by atoms with van der Waals surface area (Å²) >= 11 is 0. The Morgan fingerprint density at radius 1 is 1.28 bits per heavy atom. The van der Waals surface area contributed by atoms with E-state index in [1.54, 1.807) is 13.3 Å². The summed E-state index contributed by atoms with van der Waals surface area (Å²) in [7, 11) is 1.70. The van der Waals surface area contributed by atoms with E-state index in [-0.39, 0.29) is 0 Å². The third-order valence-electron chi connectivity index (χ3n) is 2.70. The molecular weight excluding hydrogens is 228 g/mol. The van der Waals surface area contributed by atoms with Crippen LogP contribution >= 0.6 is 0 Å². The van der Waals surface area contributed by atoms with Gasteiger partial charge in [0.2, 0.25) is 5.95 Å². The van der Waals surface area contributed by atoms with Gasteiger partial charge in [-0.1, -0.05) is 0 Å². The highest BCUT2D eigenvalue weighted by molar-refractivity contribution is 5.26. The Kier molecular flexibility index (Phi) is 4.72. The first-order valence-corrected chi connectivity index (χ1v) is 6.03. The van der Waals surface area contributed by atoms with E-state index in [2.05, 4.69) is 19.9 Å². The van der Waals surface area contributed by atoms with Crippen molar-refractivity contribution in [1.82, 2.24) is 14.5 Å². The van der Waals surface area contributed by atoms with Gasteiger partial charge in [-0.25, -0.2) is 4.98 Å². The molecule has 0 saturated heterocycles. The molecule has 2 aromatic rings. The van der Waals surface area contributed by atoms with Crippen LogP contribution < -0.4 is 5.32 Å². The number of nitrogens with one attached hydrogen (secondary N) is 1. The van der Waals surface area contributed by atoms with Crippen molar-refractivity contribution in [1.29, 1.82) is 0 Å². The second kappa shape index (κ2) is 6.76. The first-order valence-electron chi connectivity index (χ1n) is 6.03. The van der Waals surface area contributed by atoms with E-state index in [4.69, 9.17) is 4.74 Å². The minimum atomic E-state index is 0.690. The third-order valence-corrected chi connectivity index (χ3v) is 2.70. The van der Waals surface area contributed by atoms with Gasteiger partial charge in [0.25, 0.3) is 0 Å². The van der Waals surface area contributed by atoms with Gasteiger partial charge >= 0.3 is 0 Å². The van der Waals surface area contributed by atoms with Gasteiger partial charge in [0.15, 0.2) is 0 Å². The molecule has 0 saturated carbocycles. The number of pyridine rings is 1. The van der Waals surface area contributed by atoms with Gasteiger partial charge in [0.05, 0.1) is 6.61 Å². The molecule has 0 aromatic carbocycles. The number of rotatable bonds is 7. The highest BCUT2D eigenvalue weighted by atomic mass is 16.5. The number of hydrogen-bond acceptors (Lipinski definition) is 4. The molecule has 1 N–H and O–H groups in total. The lowest BCUT2D eigenvalue weighted by molar-refractivity contribution is 0.187. The van der Waals surface area contributed by atoms with E-state index in [0.717, 1.165) is 25.5 Å². The maximum absolute atomic E-state index is 5.06. The van der Waals surface area contributed by atoms with Crippen LogP contribution in [-0.4, -0.2) is 34.8 Å². The molecule has 2 heterocycles. The second-order valence-electron chi connectivity index (χ2n) is 3.97. The lowest BCUT2D eigenvalue weighted by Crippen LogP contribution is -2.12. The summed E-state index contributed by atoms with van der Waals surface area (Å²) in [5, 5.41) is 3.33. The zero-order valence-electron chi connectivity index (χ0n) is 10.5. The Bertz CT molecular complexity index is 455. The van der Waals surface area contributed by atoms with Gasteiger partial charge < -0.3 is 14.6 Å². The van der Waals surface area contributed by atoms with E-state index in [9.17, 15) is 0 Å². The average molecular weight is 246 g/mol. The zero-order valence-corrected chi connectivity index (χ0v) is 10.5. The Hall–Kier alpha value is -1.88. The number of aromatic nitrogens is 3. The molecule has 0 unspecified atom stereocenters. The molecule has 5 nitrogen and oxygen atoms in total. The monoisotopic (exact) mass is 246 g/mol. The molecule has 0 atom stereocenters. The summed E-state index contributed by atoms with van der Waals surface area (Å²) in [4.78, 5) is 8.28. The van der Waals surface area contributed by atoms with Crippen molar-refractivity contribution in [2.24, 2.45) is 0 Å². The topological polar surface area (TPSA) is 52.0 Å².